The summed E-state index contributed by atoms with van der Waals surface area (Å²) in [5.74, 6) is 0.855. The lowest BCUT2D eigenvalue weighted by atomic mass is 10.2. The summed E-state index contributed by atoms with van der Waals surface area (Å²) in [5.41, 5.74) is 0. The average molecular weight is 286 g/mol. The molecule has 20 heavy (non-hydrogen) atoms. The SMILES string of the molecule is CN=C(NCCCOC)NCC(C)N1CCOCC1C. The van der Waals surface area contributed by atoms with E-state index in [0.717, 1.165) is 51.8 Å². The molecular formula is C14H30N4O2. The van der Waals surface area contributed by atoms with Crippen molar-refractivity contribution in [1.82, 2.24) is 15.5 Å². The quantitative estimate of drug-likeness (QED) is 0.400. The summed E-state index contributed by atoms with van der Waals surface area (Å²) in [6, 6.07) is 0.948. The molecule has 2 N–H and O–H groups in total. The van der Waals surface area contributed by atoms with Crippen LogP contribution in [0.3, 0.4) is 0 Å². The van der Waals surface area contributed by atoms with Crippen LogP contribution in [0.4, 0.5) is 0 Å². The molecule has 2 unspecified atom stereocenters. The molecule has 0 aromatic carbocycles. The predicted octanol–water partition coefficient (Wildman–Crippen LogP) is 0.297. The first kappa shape index (κ1) is 17.2. The Labute approximate surface area is 122 Å². The molecule has 2 atom stereocenters. The molecule has 0 radical (unpaired) electrons. The van der Waals surface area contributed by atoms with Gasteiger partial charge in [-0.05, 0) is 20.3 Å². The first-order valence-corrected chi connectivity index (χ1v) is 7.46. The Kier molecular flexibility index (Phi) is 8.57. The number of ether oxygens (including phenoxy) is 2. The molecule has 0 amide bonds. The molecule has 1 saturated heterocycles. The van der Waals surface area contributed by atoms with Gasteiger partial charge in [0.2, 0.25) is 0 Å². The van der Waals surface area contributed by atoms with Crippen LogP contribution >= 0.6 is 0 Å². The van der Waals surface area contributed by atoms with E-state index in [1.807, 2.05) is 0 Å². The Morgan fingerprint density at radius 2 is 2.30 bits per heavy atom. The lowest BCUT2D eigenvalue weighted by Gasteiger charge is -2.38. The molecule has 118 valence electrons. The first-order chi connectivity index (χ1) is 9.69. The molecule has 1 aliphatic rings. The van der Waals surface area contributed by atoms with E-state index in [0.29, 0.717) is 12.1 Å². The summed E-state index contributed by atoms with van der Waals surface area (Å²) in [6.07, 6.45) is 0.979. The van der Waals surface area contributed by atoms with E-state index < -0.39 is 0 Å². The molecule has 0 bridgehead atoms. The number of hydrogen-bond acceptors (Lipinski definition) is 4. The van der Waals surface area contributed by atoms with Gasteiger partial charge in [0.25, 0.3) is 0 Å². The van der Waals surface area contributed by atoms with Gasteiger partial charge in [0.05, 0.1) is 13.2 Å². The minimum Gasteiger partial charge on any atom is -0.385 e. The van der Waals surface area contributed by atoms with Crippen LogP contribution in [-0.2, 0) is 9.47 Å². The Bertz CT molecular complexity index is 286. The van der Waals surface area contributed by atoms with Crippen LogP contribution in [0.2, 0.25) is 0 Å². The third-order valence-electron chi connectivity index (χ3n) is 3.59. The van der Waals surface area contributed by atoms with E-state index in [1.54, 1.807) is 14.2 Å². The first-order valence-electron chi connectivity index (χ1n) is 7.46. The molecule has 6 heteroatoms. The van der Waals surface area contributed by atoms with Gasteiger partial charge in [0.1, 0.15) is 0 Å². The van der Waals surface area contributed by atoms with Gasteiger partial charge in [0, 0.05) is 52.5 Å². The summed E-state index contributed by atoms with van der Waals surface area (Å²) < 4.78 is 10.5. The standard InChI is InChI=1S/C14H30N4O2/c1-12(18-7-9-20-11-13(18)2)10-17-14(15-3)16-6-5-8-19-4/h12-13H,5-11H2,1-4H3,(H2,15,16,17). The maximum absolute atomic E-state index is 5.47. The molecule has 1 heterocycles. The topological polar surface area (TPSA) is 58.1 Å². The summed E-state index contributed by atoms with van der Waals surface area (Å²) in [5, 5.41) is 6.67. The fraction of sp³-hybridized carbons (Fsp3) is 0.929. The van der Waals surface area contributed by atoms with Crippen molar-refractivity contribution in [2.45, 2.75) is 32.4 Å². The monoisotopic (exact) mass is 286 g/mol. The van der Waals surface area contributed by atoms with Gasteiger partial charge >= 0.3 is 0 Å². The second kappa shape index (κ2) is 9.96. The highest BCUT2D eigenvalue weighted by Crippen LogP contribution is 2.09. The van der Waals surface area contributed by atoms with Crippen molar-refractivity contribution in [3.05, 3.63) is 0 Å². The van der Waals surface area contributed by atoms with E-state index in [-0.39, 0.29) is 0 Å². The Hall–Kier alpha value is -0.850. The van der Waals surface area contributed by atoms with Gasteiger partial charge in [-0.3, -0.25) is 9.89 Å². The number of guanidine groups is 1. The number of morpholine rings is 1. The van der Waals surface area contributed by atoms with E-state index >= 15 is 0 Å². The van der Waals surface area contributed by atoms with Crippen LogP contribution < -0.4 is 10.6 Å². The van der Waals surface area contributed by atoms with E-state index in [9.17, 15) is 0 Å². The molecule has 1 aliphatic heterocycles. The lowest BCUT2D eigenvalue weighted by Crippen LogP contribution is -2.53. The molecule has 1 fully saturated rings. The zero-order chi connectivity index (χ0) is 14.8. The third kappa shape index (κ3) is 6.07. The maximum atomic E-state index is 5.47. The Balaban J connectivity index is 2.25. The zero-order valence-corrected chi connectivity index (χ0v) is 13.3. The van der Waals surface area contributed by atoms with Gasteiger partial charge in [-0.2, -0.15) is 0 Å². The number of rotatable bonds is 7. The predicted molar refractivity (Wildman–Crippen MR) is 82.3 cm³/mol. The van der Waals surface area contributed by atoms with Crippen molar-refractivity contribution in [3.8, 4) is 0 Å². The summed E-state index contributed by atoms with van der Waals surface area (Å²) in [6.45, 7) is 9.65. The van der Waals surface area contributed by atoms with Crippen LogP contribution in [0.5, 0.6) is 0 Å². The van der Waals surface area contributed by atoms with E-state index in [4.69, 9.17) is 9.47 Å². The smallest absolute Gasteiger partial charge is 0.191 e. The molecule has 0 aliphatic carbocycles. The molecule has 6 nitrogen and oxygen atoms in total. The highest BCUT2D eigenvalue weighted by Gasteiger charge is 2.23. The second-order valence-corrected chi connectivity index (χ2v) is 5.24. The number of hydrogen-bond donors (Lipinski definition) is 2. The van der Waals surface area contributed by atoms with Crippen molar-refractivity contribution >= 4 is 5.96 Å². The summed E-state index contributed by atoms with van der Waals surface area (Å²) >= 11 is 0. The molecule has 0 aromatic rings. The van der Waals surface area contributed by atoms with Gasteiger partial charge in [-0.1, -0.05) is 0 Å². The van der Waals surface area contributed by atoms with Crippen LogP contribution in [-0.4, -0.2) is 76.6 Å². The molecule has 0 spiro atoms. The number of nitrogens with zero attached hydrogens (tertiary/aromatic N) is 2. The fourth-order valence-corrected chi connectivity index (χ4v) is 2.40. The van der Waals surface area contributed by atoms with Crippen LogP contribution in [0, 0.1) is 0 Å². The molecule has 0 saturated carbocycles. The Morgan fingerprint density at radius 1 is 1.50 bits per heavy atom. The molecule has 1 rings (SSSR count). The number of nitrogens with one attached hydrogen (secondary N) is 2. The Morgan fingerprint density at radius 3 is 2.95 bits per heavy atom. The van der Waals surface area contributed by atoms with Crippen molar-refractivity contribution in [2.75, 3.05) is 53.6 Å². The van der Waals surface area contributed by atoms with Crippen LogP contribution in [0.1, 0.15) is 20.3 Å². The second-order valence-electron chi connectivity index (χ2n) is 5.24. The summed E-state index contributed by atoms with van der Waals surface area (Å²) in [4.78, 5) is 6.71. The molecular weight excluding hydrogens is 256 g/mol. The van der Waals surface area contributed by atoms with Crippen molar-refractivity contribution in [3.63, 3.8) is 0 Å². The zero-order valence-electron chi connectivity index (χ0n) is 13.3. The third-order valence-corrected chi connectivity index (χ3v) is 3.59. The van der Waals surface area contributed by atoms with E-state index in [2.05, 4.69) is 34.4 Å². The van der Waals surface area contributed by atoms with Crippen molar-refractivity contribution < 1.29 is 9.47 Å². The van der Waals surface area contributed by atoms with Crippen molar-refractivity contribution in [1.29, 1.82) is 0 Å². The van der Waals surface area contributed by atoms with Crippen molar-refractivity contribution in [2.24, 2.45) is 4.99 Å². The van der Waals surface area contributed by atoms with Gasteiger partial charge in [-0.15, -0.1) is 0 Å². The van der Waals surface area contributed by atoms with Gasteiger partial charge in [-0.25, -0.2) is 0 Å². The summed E-state index contributed by atoms with van der Waals surface area (Å²) in [7, 11) is 3.52. The van der Waals surface area contributed by atoms with Crippen LogP contribution in [0.15, 0.2) is 4.99 Å². The maximum Gasteiger partial charge on any atom is 0.191 e. The largest absolute Gasteiger partial charge is 0.385 e. The molecule has 0 aromatic heterocycles. The minimum atomic E-state index is 0.464. The van der Waals surface area contributed by atoms with E-state index in [1.165, 1.54) is 0 Å². The lowest BCUT2D eigenvalue weighted by molar-refractivity contribution is -0.0174. The highest BCUT2D eigenvalue weighted by atomic mass is 16.5. The number of methoxy groups -OCH3 is 1. The number of aliphatic imine (C=N–C) groups is 1. The normalized spacial score (nSPS) is 22.6. The van der Waals surface area contributed by atoms with Gasteiger partial charge in [0.15, 0.2) is 5.96 Å². The fourth-order valence-electron chi connectivity index (χ4n) is 2.40. The average Bonchev–Trinajstić information content (AvgIpc) is 2.46. The van der Waals surface area contributed by atoms with Crippen LogP contribution in [0.25, 0.3) is 0 Å². The highest BCUT2D eigenvalue weighted by molar-refractivity contribution is 5.79. The van der Waals surface area contributed by atoms with Gasteiger partial charge < -0.3 is 20.1 Å². The minimum absolute atomic E-state index is 0.464.